The van der Waals surface area contributed by atoms with Crippen LogP contribution in [0.3, 0.4) is 0 Å². The first-order valence-corrected chi connectivity index (χ1v) is 9.75. The molecule has 2 rings (SSSR count). The standard InChI is InChI=1S/C20H27N3O6/c1-2-28-16-10-8-14(9-11-16)19(26)21-12-18(25)29-13-17(24)23-20(27)22-15-6-4-3-5-7-15/h8-11,15H,2-7,12-13H2,1H3,(H,21,26)(H2,22,23,24,27). The third-order valence-electron chi connectivity index (χ3n) is 4.38. The van der Waals surface area contributed by atoms with E-state index in [-0.39, 0.29) is 6.04 Å². The minimum absolute atomic E-state index is 0.0666. The van der Waals surface area contributed by atoms with Gasteiger partial charge in [-0.2, -0.15) is 0 Å². The van der Waals surface area contributed by atoms with Crippen molar-refractivity contribution in [3.8, 4) is 5.75 Å². The lowest BCUT2D eigenvalue weighted by Crippen LogP contribution is -2.46. The fraction of sp³-hybridized carbons (Fsp3) is 0.500. The molecule has 1 aromatic carbocycles. The molecular weight excluding hydrogens is 378 g/mol. The molecule has 0 heterocycles. The summed E-state index contributed by atoms with van der Waals surface area (Å²) >= 11 is 0. The highest BCUT2D eigenvalue weighted by molar-refractivity contribution is 5.97. The van der Waals surface area contributed by atoms with Gasteiger partial charge in [-0.15, -0.1) is 0 Å². The first-order chi connectivity index (χ1) is 14.0. The molecule has 4 amide bonds. The van der Waals surface area contributed by atoms with Gasteiger partial charge in [0.2, 0.25) is 0 Å². The van der Waals surface area contributed by atoms with Crippen LogP contribution in [0, 0.1) is 0 Å². The van der Waals surface area contributed by atoms with Gasteiger partial charge < -0.3 is 20.1 Å². The number of ether oxygens (including phenoxy) is 2. The van der Waals surface area contributed by atoms with E-state index >= 15 is 0 Å². The fourth-order valence-electron chi connectivity index (χ4n) is 2.95. The van der Waals surface area contributed by atoms with Crippen LogP contribution < -0.4 is 20.7 Å². The molecule has 1 aromatic rings. The van der Waals surface area contributed by atoms with Gasteiger partial charge in [0.25, 0.3) is 11.8 Å². The number of carbonyl (C=O) groups excluding carboxylic acids is 4. The van der Waals surface area contributed by atoms with Gasteiger partial charge in [0.05, 0.1) is 6.61 Å². The second-order valence-corrected chi connectivity index (χ2v) is 6.66. The van der Waals surface area contributed by atoms with Crippen LogP contribution in [0.2, 0.25) is 0 Å². The predicted molar refractivity (Wildman–Crippen MR) is 104 cm³/mol. The monoisotopic (exact) mass is 405 g/mol. The van der Waals surface area contributed by atoms with Crippen molar-refractivity contribution in [1.29, 1.82) is 0 Å². The quantitative estimate of drug-likeness (QED) is 0.564. The van der Waals surface area contributed by atoms with E-state index in [2.05, 4.69) is 16.0 Å². The topological polar surface area (TPSA) is 123 Å². The number of carbonyl (C=O) groups is 4. The summed E-state index contributed by atoms with van der Waals surface area (Å²) in [5, 5.41) is 7.26. The van der Waals surface area contributed by atoms with Gasteiger partial charge in [0, 0.05) is 11.6 Å². The maximum absolute atomic E-state index is 12.0. The summed E-state index contributed by atoms with van der Waals surface area (Å²) in [6.45, 7) is 1.38. The van der Waals surface area contributed by atoms with Crippen molar-refractivity contribution in [3.05, 3.63) is 29.8 Å². The highest BCUT2D eigenvalue weighted by Gasteiger charge is 2.17. The Balaban J connectivity index is 1.63. The van der Waals surface area contributed by atoms with Gasteiger partial charge in [-0.25, -0.2) is 4.79 Å². The number of nitrogens with one attached hydrogen (secondary N) is 3. The second kappa shape index (κ2) is 11.7. The van der Waals surface area contributed by atoms with E-state index in [9.17, 15) is 19.2 Å². The second-order valence-electron chi connectivity index (χ2n) is 6.66. The van der Waals surface area contributed by atoms with Crippen LogP contribution >= 0.6 is 0 Å². The van der Waals surface area contributed by atoms with Crippen LogP contribution in [0.25, 0.3) is 0 Å². The first kappa shape index (κ1) is 22.2. The lowest BCUT2D eigenvalue weighted by Gasteiger charge is -2.22. The van der Waals surface area contributed by atoms with Gasteiger partial charge in [0.1, 0.15) is 12.3 Å². The van der Waals surface area contributed by atoms with E-state index in [1.54, 1.807) is 24.3 Å². The van der Waals surface area contributed by atoms with E-state index in [1.807, 2.05) is 6.92 Å². The zero-order chi connectivity index (χ0) is 21.1. The highest BCUT2D eigenvalue weighted by atomic mass is 16.5. The zero-order valence-electron chi connectivity index (χ0n) is 16.5. The van der Waals surface area contributed by atoms with Crippen molar-refractivity contribution in [2.24, 2.45) is 0 Å². The molecule has 29 heavy (non-hydrogen) atoms. The predicted octanol–water partition coefficient (Wildman–Crippen LogP) is 1.52. The maximum atomic E-state index is 12.0. The Labute approximate surface area is 169 Å². The Hall–Kier alpha value is -3.10. The molecule has 0 aliphatic heterocycles. The average molecular weight is 405 g/mol. The number of hydrogen-bond acceptors (Lipinski definition) is 6. The van der Waals surface area contributed by atoms with Gasteiger partial charge in [-0.05, 0) is 44.0 Å². The largest absolute Gasteiger partial charge is 0.494 e. The minimum atomic E-state index is -0.785. The number of amides is 4. The molecule has 9 heteroatoms. The van der Waals surface area contributed by atoms with Crippen molar-refractivity contribution in [2.75, 3.05) is 19.8 Å². The summed E-state index contributed by atoms with van der Waals surface area (Å²) in [7, 11) is 0. The Morgan fingerprint density at radius 3 is 2.38 bits per heavy atom. The molecule has 0 atom stereocenters. The minimum Gasteiger partial charge on any atom is -0.494 e. The Morgan fingerprint density at radius 1 is 1.03 bits per heavy atom. The van der Waals surface area contributed by atoms with Crippen molar-refractivity contribution in [3.63, 3.8) is 0 Å². The number of rotatable bonds is 8. The van der Waals surface area contributed by atoms with E-state index in [0.29, 0.717) is 17.9 Å². The lowest BCUT2D eigenvalue weighted by molar-refractivity contribution is -0.147. The van der Waals surface area contributed by atoms with Crippen molar-refractivity contribution in [1.82, 2.24) is 16.0 Å². The first-order valence-electron chi connectivity index (χ1n) is 9.75. The molecule has 0 aromatic heterocycles. The van der Waals surface area contributed by atoms with Gasteiger partial charge in [-0.1, -0.05) is 19.3 Å². The summed E-state index contributed by atoms with van der Waals surface area (Å²) in [4.78, 5) is 47.1. The molecule has 158 valence electrons. The summed E-state index contributed by atoms with van der Waals surface area (Å²) in [5.74, 6) is -1.33. The molecule has 0 bridgehead atoms. The number of hydrogen-bond donors (Lipinski definition) is 3. The SMILES string of the molecule is CCOc1ccc(C(=O)NCC(=O)OCC(=O)NC(=O)NC2CCCCC2)cc1. The molecular formula is C20H27N3O6. The zero-order valence-corrected chi connectivity index (χ0v) is 16.5. The van der Waals surface area contributed by atoms with Crippen LogP contribution in [0.15, 0.2) is 24.3 Å². The number of benzene rings is 1. The molecule has 9 nitrogen and oxygen atoms in total. The summed E-state index contributed by atoms with van der Waals surface area (Å²) in [5.41, 5.74) is 0.360. The van der Waals surface area contributed by atoms with Gasteiger partial charge in [-0.3, -0.25) is 19.7 Å². The van der Waals surface area contributed by atoms with Gasteiger partial charge >= 0.3 is 12.0 Å². The Bertz CT molecular complexity index is 713. The van der Waals surface area contributed by atoms with Crippen LogP contribution in [-0.2, 0) is 14.3 Å². The van der Waals surface area contributed by atoms with E-state index in [1.165, 1.54) is 0 Å². The molecule has 1 aliphatic carbocycles. The normalized spacial score (nSPS) is 13.8. The van der Waals surface area contributed by atoms with Crippen LogP contribution in [0.1, 0.15) is 49.4 Å². The molecule has 0 spiro atoms. The molecule has 0 radical (unpaired) electrons. The number of esters is 1. The third kappa shape index (κ3) is 8.20. The summed E-state index contributed by atoms with van der Waals surface area (Å²) < 4.78 is 10.1. The van der Waals surface area contributed by atoms with Crippen molar-refractivity contribution in [2.45, 2.75) is 45.1 Å². The molecule has 1 aliphatic rings. The van der Waals surface area contributed by atoms with Gasteiger partial charge in [0.15, 0.2) is 6.61 Å². The average Bonchev–Trinajstić information content (AvgIpc) is 2.72. The Kier molecular flexibility index (Phi) is 8.94. The summed E-state index contributed by atoms with van der Waals surface area (Å²) in [6, 6.07) is 5.92. The van der Waals surface area contributed by atoms with E-state index < -0.39 is 37.0 Å². The van der Waals surface area contributed by atoms with Crippen molar-refractivity contribution >= 4 is 23.8 Å². The van der Waals surface area contributed by atoms with E-state index in [4.69, 9.17) is 9.47 Å². The Morgan fingerprint density at radius 2 is 1.72 bits per heavy atom. The highest BCUT2D eigenvalue weighted by Crippen LogP contribution is 2.17. The molecule has 0 unspecified atom stereocenters. The van der Waals surface area contributed by atoms with Crippen LogP contribution in [-0.4, -0.2) is 49.6 Å². The molecule has 1 fully saturated rings. The van der Waals surface area contributed by atoms with Crippen LogP contribution in [0.4, 0.5) is 4.79 Å². The molecule has 1 saturated carbocycles. The molecule has 0 saturated heterocycles. The van der Waals surface area contributed by atoms with Crippen LogP contribution in [0.5, 0.6) is 5.75 Å². The smallest absolute Gasteiger partial charge is 0.325 e. The third-order valence-corrected chi connectivity index (χ3v) is 4.38. The number of imide groups is 1. The summed E-state index contributed by atoms with van der Waals surface area (Å²) in [6.07, 6.45) is 5.05. The molecule has 3 N–H and O–H groups in total. The maximum Gasteiger partial charge on any atom is 0.325 e. The fourth-order valence-corrected chi connectivity index (χ4v) is 2.95. The number of urea groups is 1. The lowest BCUT2D eigenvalue weighted by atomic mass is 9.96. The van der Waals surface area contributed by atoms with Crippen molar-refractivity contribution < 1.29 is 28.7 Å². The van der Waals surface area contributed by atoms with E-state index in [0.717, 1.165) is 32.1 Å².